The fourth-order valence-corrected chi connectivity index (χ4v) is 1.60. The lowest BCUT2D eigenvalue weighted by Gasteiger charge is -2.21. The van der Waals surface area contributed by atoms with Gasteiger partial charge in [0.05, 0.1) is 12.3 Å². The summed E-state index contributed by atoms with van der Waals surface area (Å²) in [5.41, 5.74) is 0.256. The van der Waals surface area contributed by atoms with Gasteiger partial charge in [-0.1, -0.05) is 5.21 Å². The van der Waals surface area contributed by atoms with Gasteiger partial charge in [-0.2, -0.15) is 0 Å². The van der Waals surface area contributed by atoms with Gasteiger partial charge < -0.3 is 14.7 Å². The molecule has 0 bridgehead atoms. The number of likely N-dealkylation sites (N-methyl/N-ethyl adjacent to an activating group) is 1. The van der Waals surface area contributed by atoms with E-state index in [2.05, 4.69) is 10.3 Å². The van der Waals surface area contributed by atoms with E-state index in [-0.39, 0.29) is 24.2 Å². The van der Waals surface area contributed by atoms with Gasteiger partial charge in [0.15, 0.2) is 5.69 Å². The molecule has 1 aromatic rings. The van der Waals surface area contributed by atoms with Crippen LogP contribution in [0.1, 0.15) is 30.0 Å². The molecule has 112 valence electrons. The van der Waals surface area contributed by atoms with Crippen molar-refractivity contribution < 1.29 is 19.4 Å². The Morgan fingerprint density at radius 1 is 1.45 bits per heavy atom. The molecule has 20 heavy (non-hydrogen) atoms. The van der Waals surface area contributed by atoms with E-state index < -0.39 is 5.97 Å². The summed E-state index contributed by atoms with van der Waals surface area (Å²) in [7, 11) is 3.21. The van der Waals surface area contributed by atoms with E-state index in [1.54, 1.807) is 11.9 Å². The lowest BCUT2D eigenvalue weighted by atomic mass is 10.2. The monoisotopic (exact) mass is 284 g/mol. The second kappa shape index (κ2) is 6.99. The second-order valence-corrected chi connectivity index (χ2v) is 4.69. The summed E-state index contributed by atoms with van der Waals surface area (Å²) in [5.74, 6) is -1.31. The van der Waals surface area contributed by atoms with Gasteiger partial charge in [-0.15, -0.1) is 5.10 Å². The first-order chi connectivity index (χ1) is 9.38. The number of carboxylic acid groups (broad SMARTS) is 1. The molecule has 0 aliphatic heterocycles. The Hall–Kier alpha value is -1.96. The van der Waals surface area contributed by atoms with E-state index in [1.807, 2.05) is 13.8 Å². The first kappa shape index (κ1) is 16.1. The summed E-state index contributed by atoms with van der Waals surface area (Å²) in [4.78, 5) is 24.7. The highest BCUT2D eigenvalue weighted by Gasteiger charge is 2.21. The fourth-order valence-electron chi connectivity index (χ4n) is 1.60. The molecule has 0 atom stereocenters. The SMILES string of the molecule is COCCc1c(C(=O)O)nnn1CC(=O)N(C)C(C)C. The van der Waals surface area contributed by atoms with Crippen LogP contribution in [0, 0.1) is 0 Å². The molecule has 1 amide bonds. The quantitative estimate of drug-likeness (QED) is 0.758. The van der Waals surface area contributed by atoms with Crippen LogP contribution in [-0.2, 0) is 22.5 Å². The van der Waals surface area contributed by atoms with Crippen molar-refractivity contribution in [3.8, 4) is 0 Å². The molecular weight excluding hydrogens is 264 g/mol. The molecule has 1 rings (SSSR count). The van der Waals surface area contributed by atoms with Crippen LogP contribution in [0.2, 0.25) is 0 Å². The maximum atomic E-state index is 12.0. The van der Waals surface area contributed by atoms with Crippen LogP contribution in [0.25, 0.3) is 0 Å². The summed E-state index contributed by atoms with van der Waals surface area (Å²) in [6, 6.07) is 0.0624. The van der Waals surface area contributed by atoms with Crippen LogP contribution in [0.5, 0.6) is 0 Å². The van der Waals surface area contributed by atoms with Crippen LogP contribution in [0.15, 0.2) is 0 Å². The molecular formula is C12H20N4O4. The summed E-state index contributed by atoms with van der Waals surface area (Å²) in [6.07, 6.45) is 0.337. The highest BCUT2D eigenvalue weighted by atomic mass is 16.5. The van der Waals surface area contributed by atoms with E-state index in [0.717, 1.165) is 0 Å². The van der Waals surface area contributed by atoms with Gasteiger partial charge in [-0.05, 0) is 13.8 Å². The summed E-state index contributed by atoms with van der Waals surface area (Å²) < 4.78 is 6.26. The molecule has 1 heterocycles. The van der Waals surface area contributed by atoms with Crippen molar-refractivity contribution in [2.75, 3.05) is 20.8 Å². The Morgan fingerprint density at radius 3 is 2.60 bits per heavy atom. The van der Waals surface area contributed by atoms with Gasteiger partial charge in [0.25, 0.3) is 0 Å². The summed E-state index contributed by atoms with van der Waals surface area (Å²) >= 11 is 0. The van der Waals surface area contributed by atoms with Gasteiger partial charge in [-0.3, -0.25) is 4.79 Å². The van der Waals surface area contributed by atoms with Gasteiger partial charge >= 0.3 is 5.97 Å². The molecule has 0 fully saturated rings. The molecule has 1 N–H and O–H groups in total. The Bertz CT molecular complexity index is 484. The van der Waals surface area contributed by atoms with Gasteiger partial charge in [0.2, 0.25) is 5.91 Å². The number of carboxylic acids is 1. The maximum Gasteiger partial charge on any atom is 0.358 e. The molecule has 8 nitrogen and oxygen atoms in total. The van der Waals surface area contributed by atoms with Gasteiger partial charge in [0, 0.05) is 26.6 Å². The van der Waals surface area contributed by atoms with Crippen LogP contribution in [0.3, 0.4) is 0 Å². The van der Waals surface area contributed by atoms with Crippen LogP contribution < -0.4 is 0 Å². The van der Waals surface area contributed by atoms with E-state index in [4.69, 9.17) is 9.84 Å². The number of rotatable bonds is 7. The second-order valence-electron chi connectivity index (χ2n) is 4.69. The van der Waals surface area contributed by atoms with E-state index in [1.165, 1.54) is 11.8 Å². The topological polar surface area (TPSA) is 97.5 Å². The number of aromatic carboxylic acids is 1. The molecule has 0 unspecified atom stereocenters. The lowest BCUT2D eigenvalue weighted by Crippen LogP contribution is -2.36. The van der Waals surface area contributed by atoms with Crippen molar-refractivity contribution >= 4 is 11.9 Å². The number of methoxy groups -OCH3 is 1. The van der Waals surface area contributed by atoms with Crippen molar-refractivity contribution in [1.29, 1.82) is 0 Å². The Balaban J connectivity index is 2.94. The molecule has 1 aromatic heterocycles. The van der Waals surface area contributed by atoms with Crippen molar-refractivity contribution in [3.63, 3.8) is 0 Å². The number of carbonyl (C=O) groups is 2. The average molecular weight is 284 g/mol. The van der Waals surface area contributed by atoms with E-state index in [9.17, 15) is 9.59 Å². The number of hydrogen-bond acceptors (Lipinski definition) is 5. The molecule has 0 aromatic carbocycles. The van der Waals surface area contributed by atoms with Crippen molar-refractivity contribution in [1.82, 2.24) is 19.9 Å². The number of carbonyl (C=O) groups excluding carboxylic acids is 1. The number of amides is 1. The van der Waals surface area contributed by atoms with Crippen molar-refractivity contribution in [2.45, 2.75) is 32.9 Å². The normalized spacial score (nSPS) is 10.8. The third kappa shape index (κ3) is 3.77. The van der Waals surface area contributed by atoms with Crippen molar-refractivity contribution in [2.24, 2.45) is 0 Å². The van der Waals surface area contributed by atoms with Crippen molar-refractivity contribution in [3.05, 3.63) is 11.4 Å². The Labute approximate surface area is 117 Å². The van der Waals surface area contributed by atoms with E-state index in [0.29, 0.717) is 18.7 Å². The predicted octanol–water partition coefficient (Wildman–Crippen LogP) is 0.0320. The minimum absolute atomic E-state index is 0.0337. The first-order valence-corrected chi connectivity index (χ1v) is 6.28. The zero-order valence-electron chi connectivity index (χ0n) is 12.2. The molecule has 0 radical (unpaired) electrons. The summed E-state index contributed by atoms with van der Waals surface area (Å²) in [5, 5.41) is 16.4. The van der Waals surface area contributed by atoms with Gasteiger partial charge in [0.1, 0.15) is 6.54 Å². The first-order valence-electron chi connectivity index (χ1n) is 6.28. The zero-order valence-corrected chi connectivity index (χ0v) is 12.2. The summed E-state index contributed by atoms with van der Waals surface area (Å²) in [6.45, 7) is 4.09. The smallest absolute Gasteiger partial charge is 0.358 e. The number of ether oxygens (including phenoxy) is 1. The van der Waals surface area contributed by atoms with Crippen LogP contribution in [-0.4, -0.2) is 63.7 Å². The zero-order chi connectivity index (χ0) is 15.3. The Kier molecular flexibility index (Phi) is 5.63. The lowest BCUT2D eigenvalue weighted by molar-refractivity contribution is -0.132. The third-order valence-electron chi connectivity index (χ3n) is 3.04. The fraction of sp³-hybridized carbons (Fsp3) is 0.667. The molecule has 0 saturated heterocycles. The maximum absolute atomic E-state index is 12.0. The van der Waals surface area contributed by atoms with Gasteiger partial charge in [-0.25, -0.2) is 9.48 Å². The van der Waals surface area contributed by atoms with Crippen LogP contribution >= 0.6 is 0 Å². The molecule has 0 spiro atoms. The predicted molar refractivity (Wildman–Crippen MR) is 70.5 cm³/mol. The number of hydrogen-bond donors (Lipinski definition) is 1. The largest absolute Gasteiger partial charge is 0.476 e. The molecule has 0 aliphatic rings. The minimum Gasteiger partial charge on any atom is -0.476 e. The average Bonchev–Trinajstić information content (AvgIpc) is 2.78. The molecule has 8 heteroatoms. The number of aromatic nitrogens is 3. The minimum atomic E-state index is -1.16. The van der Waals surface area contributed by atoms with E-state index >= 15 is 0 Å². The Morgan fingerprint density at radius 2 is 2.10 bits per heavy atom. The number of nitrogens with zero attached hydrogens (tertiary/aromatic N) is 4. The standard InChI is InChI=1S/C12H20N4O4/c1-8(2)15(3)10(17)7-16-9(5-6-20-4)11(12(18)19)13-14-16/h8H,5-7H2,1-4H3,(H,18,19). The molecule has 0 saturated carbocycles. The molecule has 0 aliphatic carbocycles. The van der Waals surface area contributed by atoms with Crippen LogP contribution in [0.4, 0.5) is 0 Å². The third-order valence-corrected chi connectivity index (χ3v) is 3.04. The highest BCUT2D eigenvalue weighted by Crippen LogP contribution is 2.08. The highest BCUT2D eigenvalue weighted by molar-refractivity contribution is 5.86.